The minimum Gasteiger partial charge on any atom is -0.325 e. The van der Waals surface area contributed by atoms with E-state index < -0.39 is 21.6 Å². The molecule has 0 bridgehead atoms. The van der Waals surface area contributed by atoms with Crippen molar-refractivity contribution in [3.05, 3.63) is 32.9 Å². The summed E-state index contributed by atoms with van der Waals surface area (Å²) in [5.41, 5.74) is -0.0819. The molecular formula is C16H15BrF3N3O2S. The van der Waals surface area contributed by atoms with Crippen LogP contribution in [0.15, 0.2) is 26.5 Å². The molecule has 0 fully saturated rings. The monoisotopic (exact) mass is 449 g/mol. The van der Waals surface area contributed by atoms with Crippen LogP contribution >= 0.6 is 15.9 Å². The fourth-order valence-corrected chi connectivity index (χ4v) is 4.81. The summed E-state index contributed by atoms with van der Waals surface area (Å²) in [5.74, 6) is 0.149. The molecule has 140 valence electrons. The summed E-state index contributed by atoms with van der Waals surface area (Å²) >= 11 is 3.16. The van der Waals surface area contributed by atoms with Crippen LogP contribution in [-0.4, -0.2) is 29.9 Å². The Balaban J connectivity index is 2.31. The second kappa shape index (κ2) is 6.49. The van der Waals surface area contributed by atoms with E-state index in [0.717, 1.165) is 12.1 Å². The standard InChI is InChI=1S/C16H15BrF3N3O2S/c1-3-26(24,25)12-5-4-6-21-13(12)15-22-11-8-9(16(18,19)20)7-10(17)14(11)23(15)2/h6-8H,3-5H2,1-2H3. The van der Waals surface area contributed by atoms with Gasteiger partial charge in [0.05, 0.1) is 27.3 Å². The molecule has 1 aliphatic rings. The third kappa shape index (κ3) is 3.20. The molecule has 2 aromatic rings. The van der Waals surface area contributed by atoms with Gasteiger partial charge in [-0.3, -0.25) is 4.99 Å². The van der Waals surface area contributed by atoms with Crippen LogP contribution in [0.1, 0.15) is 31.2 Å². The predicted octanol–water partition coefficient (Wildman–Crippen LogP) is 4.32. The maximum atomic E-state index is 13.1. The molecule has 0 amide bonds. The Morgan fingerprint density at radius 3 is 2.62 bits per heavy atom. The maximum Gasteiger partial charge on any atom is 0.416 e. The van der Waals surface area contributed by atoms with E-state index in [1.165, 1.54) is 0 Å². The number of hydrogen-bond acceptors (Lipinski definition) is 4. The lowest BCUT2D eigenvalue weighted by Crippen LogP contribution is -2.13. The second-order valence-corrected chi connectivity index (χ2v) is 9.00. The summed E-state index contributed by atoms with van der Waals surface area (Å²) in [6.45, 7) is 1.54. The van der Waals surface area contributed by atoms with Gasteiger partial charge >= 0.3 is 6.18 Å². The van der Waals surface area contributed by atoms with Gasteiger partial charge in [-0.1, -0.05) is 6.92 Å². The Labute approximate surface area is 156 Å². The molecule has 0 atom stereocenters. The zero-order valence-corrected chi connectivity index (χ0v) is 16.3. The molecule has 0 aliphatic carbocycles. The third-order valence-corrected chi connectivity index (χ3v) is 6.72. The quantitative estimate of drug-likeness (QED) is 0.700. The normalized spacial score (nSPS) is 15.9. The summed E-state index contributed by atoms with van der Waals surface area (Å²) in [6.07, 6.45) is -2.12. The first kappa shape index (κ1) is 19.1. The van der Waals surface area contributed by atoms with E-state index in [4.69, 9.17) is 0 Å². The summed E-state index contributed by atoms with van der Waals surface area (Å²) in [7, 11) is -1.87. The van der Waals surface area contributed by atoms with Gasteiger partial charge in [-0.2, -0.15) is 13.2 Å². The Kier molecular flexibility index (Phi) is 4.76. The number of nitrogens with zero attached hydrogens (tertiary/aromatic N) is 3. The lowest BCUT2D eigenvalue weighted by molar-refractivity contribution is -0.137. The van der Waals surface area contributed by atoms with Crippen molar-refractivity contribution in [1.29, 1.82) is 0 Å². The molecule has 1 aliphatic heterocycles. The fourth-order valence-electron chi connectivity index (χ4n) is 2.87. The number of aliphatic imine (C=N–C) groups is 1. The van der Waals surface area contributed by atoms with Gasteiger partial charge in [0.25, 0.3) is 0 Å². The van der Waals surface area contributed by atoms with Crippen LogP contribution in [-0.2, 0) is 23.1 Å². The molecular weight excluding hydrogens is 435 g/mol. The number of halogens is 4. The summed E-state index contributed by atoms with van der Waals surface area (Å²) < 4.78 is 65.7. The molecule has 1 aromatic carbocycles. The van der Waals surface area contributed by atoms with Crippen LogP contribution < -0.4 is 0 Å². The van der Waals surface area contributed by atoms with E-state index in [-0.39, 0.29) is 32.2 Å². The van der Waals surface area contributed by atoms with E-state index in [0.29, 0.717) is 18.4 Å². The van der Waals surface area contributed by atoms with Gasteiger partial charge < -0.3 is 4.57 Å². The first-order chi connectivity index (χ1) is 12.1. The van der Waals surface area contributed by atoms with Gasteiger partial charge in [0.1, 0.15) is 5.70 Å². The zero-order chi connectivity index (χ0) is 19.3. The Bertz CT molecular complexity index is 1050. The van der Waals surface area contributed by atoms with Gasteiger partial charge in [0.15, 0.2) is 15.7 Å². The number of aryl methyl sites for hydroxylation is 1. The van der Waals surface area contributed by atoms with E-state index in [1.807, 2.05) is 0 Å². The van der Waals surface area contributed by atoms with Crippen LogP contribution in [0, 0.1) is 0 Å². The Morgan fingerprint density at radius 2 is 2.00 bits per heavy atom. The maximum absolute atomic E-state index is 13.1. The molecule has 1 aromatic heterocycles. The third-order valence-electron chi connectivity index (χ3n) is 4.20. The molecule has 2 heterocycles. The molecule has 0 unspecified atom stereocenters. The van der Waals surface area contributed by atoms with Gasteiger partial charge in [-0.05, 0) is 40.9 Å². The lowest BCUT2D eigenvalue weighted by atomic mass is 10.2. The van der Waals surface area contributed by atoms with Gasteiger partial charge in [0, 0.05) is 17.7 Å². The largest absolute Gasteiger partial charge is 0.416 e. The van der Waals surface area contributed by atoms with E-state index in [1.54, 1.807) is 24.8 Å². The molecule has 3 rings (SSSR count). The van der Waals surface area contributed by atoms with Crippen LogP contribution in [0.25, 0.3) is 16.7 Å². The van der Waals surface area contributed by atoms with E-state index in [2.05, 4.69) is 25.9 Å². The zero-order valence-electron chi connectivity index (χ0n) is 13.9. The smallest absolute Gasteiger partial charge is 0.325 e. The molecule has 5 nitrogen and oxygen atoms in total. The number of allylic oxidation sites excluding steroid dienone is 1. The minimum absolute atomic E-state index is 0.0762. The van der Waals surface area contributed by atoms with Crippen molar-refractivity contribution >= 4 is 48.7 Å². The van der Waals surface area contributed by atoms with Gasteiger partial charge in [-0.15, -0.1) is 0 Å². The SMILES string of the molecule is CCS(=O)(=O)C1=C(c2nc3cc(C(F)(F)F)cc(Br)c3n2C)N=CCC1. The number of rotatable bonds is 3. The van der Waals surface area contributed by atoms with Crippen LogP contribution in [0.3, 0.4) is 0 Å². The second-order valence-electron chi connectivity index (χ2n) is 5.84. The van der Waals surface area contributed by atoms with Crippen molar-refractivity contribution in [1.82, 2.24) is 9.55 Å². The number of fused-ring (bicyclic) bond motifs is 1. The van der Waals surface area contributed by atoms with Crippen molar-refractivity contribution in [3.8, 4) is 0 Å². The summed E-state index contributed by atoms with van der Waals surface area (Å²) in [4.78, 5) is 8.65. The van der Waals surface area contributed by atoms with Crippen LogP contribution in [0.2, 0.25) is 0 Å². The van der Waals surface area contributed by atoms with Gasteiger partial charge in [-0.25, -0.2) is 13.4 Å². The number of alkyl halides is 3. The number of imidazole rings is 1. The van der Waals surface area contributed by atoms with Crippen LogP contribution in [0.5, 0.6) is 0 Å². The number of aromatic nitrogens is 2. The van der Waals surface area contributed by atoms with E-state index in [9.17, 15) is 21.6 Å². The fraction of sp³-hybridized carbons (Fsp3) is 0.375. The molecule has 26 heavy (non-hydrogen) atoms. The molecule has 0 saturated heterocycles. The highest BCUT2D eigenvalue weighted by Crippen LogP contribution is 2.37. The summed E-state index contributed by atoms with van der Waals surface area (Å²) in [6, 6.07) is 1.93. The number of benzene rings is 1. The highest BCUT2D eigenvalue weighted by atomic mass is 79.9. The van der Waals surface area contributed by atoms with Gasteiger partial charge in [0.2, 0.25) is 0 Å². The number of sulfone groups is 1. The summed E-state index contributed by atoms with van der Waals surface area (Å²) in [5, 5.41) is 0. The lowest BCUT2D eigenvalue weighted by Gasteiger charge is -2.15. The van der Waals surface area contributed by atoms with Crippen LogP contribution in [0.4, 0.5) is 13.2 Å². The Hall–Kier alpha value is -1.68. The Morgan fingerprint density at radius 1 is 1.31 bits per heavy atom. The highest BCUT2D eigenvalue weighted by molar-refractivity contribution is 9.10. The topological polar surface area (TPSA) is 64.3 Å². The first-order valence-corrected chi connectivity index (χ1v) is 10.2. The molecule has 10 heteroatoms. The molecule has 0 spiro atoms. The molecule has 0 saturated carbocycles. The van der Waals surface area contributed by atoms with Crippen molar-refractivity contribution in [2.24, 2.45) is 12.0 Å². The minimum atomic E-state index is -4.51. The number of hydrogen-bond donors (Lipinski definition) is 0. The van der Waals surface area contributed by atoms with E-state index >= 15 is 0 Å². The van der Waals surface area contributed by atoms with Crippen molar-refractivity contribution in [2.45, 2.75) is 25.9 Å². The van der Waals surface area contributed by atoms with Crippen molar-refractivity contribution < 1.29 is 21.6 Å². The average molecular weight is 450 g/mol. The van der Waals surface area contributed by atoms with Crippen molar-refractivity contribution in [3.63, 3.8) is 0 Å². The molecule has 0 N–H and O–H groups in total. The average Bonchev–Trinajstić information content (AvgIpc) is 2.91. The van der Waals surface area contributed by atoms with Crippen molar-refractivity contribution in [2.75, 3.05) is 5.75 Å². The first-order valence-electron chi connectivity index (χ1n) is 7.78. The molecule has 0 radical (unpaired) electrons. The predicted molar refractivity (Wildman–Crippen MR) is 97.5 cm³/mol. The highest BCUT2D eigenvalue weighted by Gasteiger charge is 2.33.